The van der Waals surface area contributed by atoms with Crippen molar-refractivity contribution >= 4 is 11.6 Å². The molecular weight excluding hydrogens is 350 g/mol. The topological polar surface area (TPSA) is 39.7 Å². The minimum absolute atomic E-state index is 0.276. The van der Waals surface area contributed by atoms with Crippen molar-refractivity contribution in [1.29, 1.82) is 0 Å². The summed E-state index contributed by atoms with van der Waals surface area (Å²) in [4.78, 5) is 0. The molecule has 0 radical (unpaired) electrons. The summed E-state index contributed by atoms with van der Waals surface area (Å²) in [6.07, 6.45) is 1.25. The monoisotopic (exact) mass is 377 g/mol. The van der Waals surface area contributed by atoms with E-state index in [4.69, 9.17) is 25.8 Å². The van der Waals surface area contributed by atoms with Gasteiger partial charge in [-0.1, -0.05) is 41.9 Å². The summed E-state index contributed by atoms with van der Waals surface area (Å²) in [5.41, 5.74) is 2.01. The lowest BCUT2D eigenvalue weighted by Gasteiger charge is -2.16. The predicted octanol–water partition coefficient (Wildman–Crippen LogP) is 4.83. The first-order valence-corrected chi connectivity index (χ1v) is 9.34. The molecule has 2 aromatic rings. The lowest BCUT2D eigenvalue weighted by Crippen LogP contribution is -2.18. The van der Waals surface area contributed by atoms with Crippen molar-refractivity contribution in [1.82, 2.24) is 5.32 Å². The molecule has 0 aromatic heterocycles. The molecule has 2 aromatic carbocycles. The Bertz CT molecular complexity index is 676. The van der Waals surface area contributed by atoms with Crippen molar-refractivity contribution in [3.8, 4) is 11.5 Å². The Morgan fingerprint density at radius 1 is 1.04 bits per heavy atom. The summed E-state index contributed by atoms with van der Waals surface area (Å²) in [5, 5.41) is 4.14. The molecule has 26 heavy (non-hydrogen) atoms. The molecule has 0 spiro atoms. The fraction of sp³-hybridized carbons (Fsp3) is 0.429. The highest BCUT2D eigenvalue weighted by atomic mass is 35.5. The molecule has 0 heterocycles. The van der Waals surface area contributed by atoms with Gasteiger partial charge in [-0.2, -0.15) is 0 Å². The maximum absolute atomic E-state index is 6.22. The fourth-order valence-corrected chi connectivity index (χ4v) is 2.72. The van der Waals surface area contributed by atoms with Crippen LogP contribution >= 0.6 is 11.6 Å². The van der Waals surface area contributed by atoms with Gasteiger partial charge in [-0.15, -0.1) is 0 Å². The highest BCUT2D eigenvalue weighted by molar-refractivity contribution is 6.31. The van der Waals surface area contributed by atoms with Gasteiger partial charge in [-0.25, -0.2) is 0 Å². The molecule has 0 amide bonds. The van der Waals surface area contributed by atoms with E-state index in [-0.39, 0.29) is 6.10 Å². The first-order valence-electron chi connectivity index (χ1n) is 8.96. The molecule has 0 fully saturated rings. The number of benzene rings is 2. The Hall–Kier alpha value is -1.75. The van der Waals surface area contributed by atoms with Gasteiger partial charge in [0.15, 0.2) is 11.5 Å². The fourth-order valence-electron chi connectivity index (χ4n) is 2.53. The maximum Gasteiger partial charge on any atom is 0.166 e. The van der Waals surface area contributed by atoms with Gasteiger partial charge in [0.2, 0.25) is 0 Å². The molecular formula is C21H28ClNO3. The van der Waals surface area contributed by atoms with Crippen molar-refractivity contribution in [3.63, 3.8) is 0 Å². The summed E-state index contributed by atoms with van der Waals surface area (Å²) in [6.45, 7) is 6.84. The Labute approximate surface area is 161 Å². The van der Waals surface area contributed by atoms with Crippen LogP contribution in [0.2, 0.25) is 5.02 Å². The van der Waals surface area contributed by atoms with Crippen LogP contribution in [-0.4, -0.2) is 26.4 Å². The van der Waals surface area contributed by atoms with Crippen molar-refractivity contribution in [2.45, 2.75) is 39.5 Å². The van der Waals surface area contributed by atoms with E-state index in [2.05, 4.69) is 5.32 Å². The molecule has 0 aliphatic carbocycles. The number of rotatable bonds is 11. The summed E-state index contributed by atoms with van der Waals surface area (Å²) >= 11 is 6.22. The van der Waals surface area contributed by atoms with Crippen LogP contribution in [0.5, 0.6) is 11.5 Å². The van der Waals surface area contributed by atoms with Gasteiger partial charge in [0.05, 0.1) is 13.2 Å². The van der Waals surface area contributed by atoms with Crippen molar-refractivity contribution < 1.29 is 14.2 Å². The summed E-state index contributed by atoms with van der Waals surface area (Å²) < 4.78 is 17.1. The van der Waals surface area contributed by atoms with Gasteiger partial charge in [-0.05, 0) is 38.9 Å². The van der Waals surface area contributed by atoms with E-state index >= 15 is 0 Å². The van der Waals surface area contributed by atoms with Gasteiger partial charge in [0, 0.05) is 29.3 Å². The van der Waals surface area contributed by atoms with Crippen LogP contribution in [0.3, 0.4) is 0 Å². The zero-order valence-corrected chi connectivity index (χ0v) is 16.5. The van der Waals surface area contributed by atoms with E-state index in [0.717, 1.165) is 42.2 Å². The van der Waals surface area contributed by atoms with Crippen LogP contribution < -0.4 is 14.8 Å². The highest BCUT2D eigenvalue weighted by Gasteiger charge is 2.11. The van der Waals surface area contributed by atoms with E-state index in [9.17, 15) is 0 Å². The molecule has 0 saturated carbocycles. The minimum atomic E-state index is 0.276. The van der Waals surface area contributed by atoms with Crippen LogP contribution in [0.1, 0.15) is 31.4 Å². The highest BCUT2D eigenvalue weighted by Crippen LogP contribution is 2.32. The molecule has 4 nitrogen and oxygen atoms in total. The Kier molecular flexibility index (Phi) is 8.75. The second-order valence-electron chi connectivity index (χ2n) is 6.28. The first kappa shape index (κ1) is 20.6. The van der Waals surface area contributed by atoms with Gasteiger partial charge < -0.3 is 19.5 Å². The number of hydrogen-bond acceptors (Lipinski definition) is 4. The number of halogens is 1. The van der Waals surface area contributed by atoms with E-state index < -0.39 is 0 Å². The number of para-hydroxylation sites is 1. The molecule has 2 rings (SSSR count). The van der Waals surface area contributed by atoms with Crippen LogP contribution in [0, 0.1) is 0 Å². The van der Waals surface area contributed by atoms with Gasteiger partial charge in [0.25, 0.3) is 0 Å². The minimum Gasteiger partial charge on any atom is -0.493 e. The van der Waals surface area contributed by atoms with Crippen molar-refractivity contribution in [2.24, 2.45) is 0 Å². The Morgan fingerprint density at radius 2 is 1.81 bits per heavy atom. The van der Waals surface area contributed by atoms with Crippen molar-refractivity contribution in [2.75, 3.05) is 20.3 Å². The molecule has 5 heteroatoms. The lowest BCUT2D eigenvalue weighted by atomic mass is 10.1. The van der Waals surface area contributed by atoms with E-state index in [1.54, 1.807) is 7.11 Å². The molecule has 0 saturated heterocycles. The third kappa shape index (κ3) is 6.52. The standard InChI is InChI=1S/C21H28ClNO3/c1-16(2)25-13-7-12-23-14-17-9-6-11-20(24-3)21(17)26-15-18-8-4-5-10-19(18)22/h4-6,8-11,16,23H,7,12-15H2,1-3H3. The van der Waals surface area contributed by atoms with E-state index in [1.165, 1.54) is 0 Å². The molecule has 1 N–H and O–H groups in total. The molecule has 0 bridgehead atoms. The molecule has 0 aliphatic rings. The molecule has 0 aliphatic heterocycles. The smallest absolute Gasteiger partial charge is 0.166 e. The average Bonchev–Trinajstić information content (AvgIpc) is 2.64. The zero-order chi connectivity index (χ0) is 18.8. The SMILES string of the molecule is COc1cccc(CNCCCOC(C)C)c1OCc1ccccc1Cl. The summed E-state index contributed by atoms with van der Waals surface area (Å²) in [7, 11) is 1.65. The van der Waals surface area contributed by atoms with Crippen LogP contribution in [0.15, 0.2) is 42.5 Å². The second kappa shape index (κ2) is 11.1. The maximum atomic E-state index is 6.22. The van der Waals surface area contributed by atoms with Gasteiger partial charge in [-0.3, -0.25) is 0 Å². The normalized spacial score (nSPS) is 11.0. The summed E-state index contributed by atoms with van der Waals surface area (Å²) in [6, 6.07) is 13.6. The zero-order valence-electron chi connectivity index (χ0n) is 15.8. The number of ether oxygens (including phenoxy) is 3. The van der Waals surface area contributed by atoms with Gasteiger partial charge in [0.1, 0.15) is 6.61 Å². The largest absolute Gasteiger partial charge is 0.493 e. The quantitative estimate of drug-likeness (QED) is 0.569. The van der Waals surface area contributed by atoms with Crippen LogP contribution in [-0.2, 0) is 17.9 Å². The molecule has 0 unspecified atom stereocenters. The Balaban J connectivity index is 1.95. The third-order valence-corrected chi connectivity index (χ3v) is 4.24. The molecule has 0 atom stereocenters. The predicted molar refractivity (Wildman–Crippen MR) is 106 cm³/mol. The first-order chi connectivity index (χ1) is 12.6. The summed E-state index contributed by atoms with van der Waals surface area (Å²) in [5.74, 6) is 1.47. The number of hydrogen-bond donors (Lipinski definition) is 1. The average molecular weight is 378 g/mol. The third-order valence-electron chi connectivity index (χ3n) is 3.87. The Morgan fingerprint density at radius 3 is 2.54 bits per heavy atom. The second-order valence-corrected chi connectivity index (χ2v) is 6.69. The van der Waals surface area contributed by atoms with Crippen molar-refractivity contribution in [3.05, 3.63) is 58.6 Å². The number of nitrogens with one attached hydrogen (secondary N) is 1. The lowest BCUT2D eigenvalue weighted by molar-refractivity contribution is 0.0770. The van der Waals surface area contributed by atoms with E-state index in [0.29, 0.717) is 18.2 Å². The molecule has 142 valence electrons. The van der Waals surface area contributed by atoms with Crippen LogP contribution in [0.25, 0.3) is 0 Å². The van der Waals surface area contributed by atoms with Gasteiger partial charge >= 0.3 is 0 Å². The number of methoxy groups -OCH3 is 1. The van der Waals surface area contributed by atoms with E-state index in [1.807, 2.05) is 56.3 Å². The van der Waals surface area contributed by atoms with Crippen LogP contribution in [0.4, 0.5) is 0 Å².